The van der Waals surface area contributed by atoms with Gasteiger partial charge in [0.2, 0.25) is 0 Å². The first kappa shape index (κ1) is 14.6. The highest BCUT2D eigenvalue weighted by atomic mass is 35.5. The zero-order chi connectivity index (χ0) is 14.5. The molecule has 0 aliphatic rings. The lowest BCUT2D eigenvalue weighted by atomic mass is 10.1. The molecule has 1 amide bonds. The Kier molecular flexibility index (Phi) is 4.83. The SMILES string of the molecule is C/C(=C\c1ccccc1)C(=O)Nc1cccc(Cl)c1Cl. The molecule has 2 nitrogen and oxygen atoms in total. The van der Waals surface area contributed by atoms with Gasteiger partial charge in [-0.1, -0.05) is 59.6 Å². The summed E-state index contributed by atoms with van der Waals surface area (Å²) < 4.78 is 0. The number of carbonyl (C=O) groups is 1. The lowest BCUT2D eigenvalue weighted by Gasteiger charge is -2.08. The first-order valence-electron chi connectivity index (χ1n) is 6.06. The summed E-state index contributed by atoms with van der Waals surface area (Å²) in [4.78, 5) is 12.1. The molecule has 0 saturated heterocycles. The van der Waals surface area contributed by atoms with E-state index in [-0.39, 0.29) is 5.91 Å². The van der Waals surface area contributed by atoms with E-state index in [0.29, 0.717) is 21.3 Å². The summed E-state index contributed by atoms with van der Waals surface area (Å²) in [5, 5.41) is 3.50. The van der Waals surface area contributed by atoms with Gasteiger partial charge in [-0.25, -0.2) is 0 Å². The first-order chi connectivity index (χ1) is 9.58. The van der Waals surface area contributed by atoms with E-state index in [1.807, 2.05) is 36.4 Å². The molecule has 0 atom stereocenters. The Morgan fingerprint density at radius 3 is 2.45 bits per heavy atom. The molecule has 0 radical (unpaired) electrons. The average molecular weight is 306 g/mol. The Hall–Kier alpha value is -1.77. The van der Waals surface area contributed by atoms with E-state index in [1.54, 1.807) is 25.1 Å². The van der Waals surface area contributed by atoms with Crippen molar-refractivity contribution in [3.05, 3.63) is 69.7 Å². The smallest absolute Gasteiger partial charge is 0.251 e. The van der Waals surface area contributed by atoms with Crippen molar-refractivity contribution in [3.8, 4) is 0 Å². The molecule has 102 valence electrons. The summed E-state index contributed by atoms with van der Waals surface area (Å²) in [6.45, 7) is 1.75. The molecule has 0 unspecified atom stereocenters. The van der Waals surface area contributed by atoms with Crippen LogP contribution in [0.25, 0.3) is 6.08 Å². The Balaban J connectivity index is 2.16. The lowest BCUT2D eigenvalue weighted by molar-refractivity contribution is -0.112. The van der Waals surface area contributed by atoms with E-state index in [9.17, 15) is 4.79 Å². The van der Waals surface area contributed by atoms with Crippen molar-refractivity contribution in [2.24, 2.45) is 0 Å². The number of anilines is 1. The van der Waals surface area contributed by atoms with Crippen molar-refractivity contribution in [3.63, 3.8) is 0 Å². The molecule has 0 spiro atoms. The molecule has 0 saturated carbocycles. The van der Waals surface area contributed by atoms with Crippen LogP contribution < -0.4 is 5.32 Å². The highest BCUT2D eigenvalue weighted by molar-refractivity contribution is 6.44. The van der Waals surface area contributed by atoms with Crippen LogP contribution in [0.15, 0.2) is 54.1 Å². The lowest BCUT2D eigenvalue weighted by Crippen LogP contribution is -2.12. The van der Waals surface area contributed by atoms with Crippen LogP contribution in [0.2, 0.25) is 10.0 Å². The number of halogens is 2. The molecule has 0 aliphatic carbocycles. The van der Waals surface area contributed by atoms with Crippen LogP contribution >= 0.6 is 23.2 Å². The average Bonchev–Trinajstić information content (AvgIpc) is 2.45. The van der Waals surface area contributed by atoms with Crippen molar-refractivity contribution in [2.75, 3.05) is 5.32 Å². The first-order valence-corrected chi connectivity index (χ1v) is 6.82. The fraction of sp³-hybridized carbons (Fsp3) is 0.0625. The predicted octanol–water partition coefficient (Wildman–Crippen LogP) is 5.04. The molecule has 0 heterocycles. The van der Waals surface area contributed by atoms with Gasteiger partial charge in [0.25, 0.3) is 5.91 Å². The summed E-state index contributed by atoms with van der Waals surface area (Å²) in [5.74, 6) is -0.210. The highest BCUT2D eigenvalue weighted by Gasteiger charge is 2.09. The number of benzene rings is 2. The minimum absolute atomic E-state index is 0.210. The van der Waals surface area contributed by atoms with Crippen molar-refractivity contribution in [1.29, 1.82) is 0 Å². The van der Waals surface area contributed by atoms with Crippen molar-refractivity contribution < 1.29 is 4.79 Å². The van der Waals surface area contributed by atoms with E-state index in [1.165, 1.54) is 0 Å². The maximum absolute atomic E-state index is 12.1. The number of carbonyl (C=O) groups excluding carboxylic acids is 1. The molecule has 1 N–H and O–H groups in total. The molecular weight excluding hydrogens is 293 g/mol. The van der Waals surface area contributed by atoms with Gasteiger partial charge in [0.15, 0.2) is 0 Å². The third kappa shape index (κ3) is 3.62. The summed E-state index contributed by atoms with van der Waals surface area (Å²) in [7, 11) is 0. The third-order valence-corrected chi connectivity index (χ3v) is 3.56. The van der Waals surface area contributed by atoms with Gasteiger partial charge in [0.05, 0.1) is 15.7 Å². The molecule has 2 rings (SSSR count). The van der Waals surface area contributed by atoms with E-state index in [2.05, 4.69) is 5.32 Å². The summed E-state index contributed by atoms with van der Waals surface area (Å²) >= 11 is 11.9. The third-order valence-electron chi connectivity index (χ3n) is 2.74. The summed E-state index contributed by atoms with van der Waals surface area (Å²) in [6, 6.07) is 14.8. The molecule has 4 heteroatoms. The minimum Gasteiger partial charge on any atom is -0.321 e. The van der Waals surface area contributed by atoms with E-state index in [0.717, 1.165) is 5.56 Å². The van der Waals surface area contributed by atoms with Crippen molar-refractivity contribution >= 4 is 40.9 Å². The fourth-order valence-electron chi connectivity index (χ4n) is 1.69. The van der Waals surface area contributed by atoms with Gasteiger partial charge in [0.1, 0.15) is 0 Å². The van der Waals surface area contributed by atoms with Crippen LogP contribution in [0, 0.1) is 0 Å². The Labute approximate surface area is 128 Å². The Bertz CT molecular complexity index is 651. The Morgan fingerprint density at radius 2 is 1.75 bits per heavy atom. The van der Waals surface area contributed by atoms with E-state index < -0.39 is 0 Å². The van der Waals surface area contributed by atoms with Crippen LogP contribution in [0.4, 0.5) is 5.69 Å². The normalized spacial score (nSPS) is 11.2. The quantitative estimate of drug-likeness (QED) is 0.791. The Morgan fingerprint density at radius 1 is 1.05 bits per heavy atom. The zero-order valence-electron chi connectivity index (χ0n) is 10.9. The monoisotopic (exact) mass is 305 g/mol. The molecule has 20 heavy (non-hydrogen) atoms. The second-order valence-corrected chi connectivity index (χ2v) is 5.08. The van der Waals surface area contributed by atoms with Crippen LogP contribution in [0.3, 0.4) is 0 Å². The fourth-order valence-corrected chi connectivity index (χ4v) is 2.03. The van der Waals surface area contributed by atoms with Gasteiger partial charge < -0.3 is 5.32 Å². The van der Waals surface area contributed by atoms with Crippen LogP contribution in [0.1, 0.15) is 12.5 Å². The molecule has 0 aromatic heterocycles. The molecule has 2 aromatic carbocycles. The maximum Gasteiger partial charge on any atom is 0.251 e. The number of amides is 1. The predicted molar refractivity (Wildman–Crippen MR) is 85.2 cm³/mol. The number of hydrogen-bond acceptors (Lipinski definition) is 1. The zero-order valence-corrected chi connectivity index (χ0v) is 12.4. The number of hydrogen-bond donors (Lipinski definition) is 1. The van der Waals surface area contributed by atoms with Crippen molar-refractivity contribution in [2.45, 2.75) is 6.92 Å². The minimum atomic E-state index is -0.210. The molecule has 2 aromatic rings. The number of nitrogens with one attached hydrogen (secondary N) is 1. The van der Waals surface area contributed by atoms with Crippen LogP contribution in [0.5, 0.6) is 0 Å². The summed E-state index contributed by atoms with van der Waals surface area (Å²) in [5.41, 5.74) is 2.06. The topological polar surface area (TPSA) is 29.1 Å². The van der Waals surface area contributed by atoms with Gasteiger partial charge in [-0.3, -0.25) is 4.79 Å². The maximum atomic E-state index is 12.1. The van der Waals surface area contributed by atoms with E-state index in [4.69, 9.17) is 23.2 Å². The molecule has 0 aliphatic heterocycles. The summed E-state index contributed by atoms with van der Waals surface area (Å²) in [6.07, 6.45) is 1.81. The molecule has 0 bridgehead atoms. The molecule has 0 fully saturated rings. The van der Waals surface area contributed by atoms with Crippen LogP contribution in [-0.4, -0.2) is 5.91 Å². The van der Waals surface area contributed by atoms with Gasteiger partial charge in [-0.05, 0) is 30.7 Å². The van der Waals surface area contributed by atoms with Gasteiger partial charge >= 0.3 is 0 Å². The van der Waals surface area contributed by atoms with Crippen molar-refractivity contribution in [1.82, 2.24) is 0 Å². The number of rotatable bonds is 3. The highest BCUT2D eigenvalue weighted by Crippen LogP contribution is 2.29. The standard InChI is InChI=1S/C16H13Cl2NO/c1-11(10-12-6-3-2-4-7-12)16(20)19-14-9-5-8-13(17)15(14)18/h2-10H,1H3,(H,19,20)/b11-10+. The van der Waals surface area contributed by atoms with E-state index >= 15 is 0 Å². The largest absolute Gasteiger partial charge is 0.321 e. The van der Waals surface area contributed by atoms with Gasteiger partial charge in [-0.2, -0.15) is 0 Å². The second-order valence-electron chi connectivity index (χ2n) is 4.29. The molecular formula is C16H13Cl2NO. The van der Waals surface area contributed by atoms with Gasteiger partial charge in [0, 0.05) is 5.57 Å². The van der Waals surface area contributed by atoms with Crippen LogP contribution in [-0.2, 0) is 4.79 Å². The van der Waals surface area contributed by atoms with Gasteiger partial charge in [-0.15, -0.1) is 0 Å². The second kappa shape index (κ2) is 6.60.